The van der Waals surface area contributed by atoms with Gasteiger partial charge < -0.3 is 30.5 Å². The van der Waals surface area contributed by atoms with E-state index in [1.165, 1.54) is 0 Å². The van der Waals surface area contributed by atoms with Crippen molar-refractivity contribution in [2.24, 2.45) is 5.73 Å². The average molecular weight is 385 g/mol. The van der Waals surface area contributed by atoms with Gasteiger partial charge >= 0.3 is 6.09 Å². The van der Waals surface area contributed by atoms with Gasteiger partial charge in [0, 0.05) is 25.4 Å². The molecule has 4 atom stereocenters. The molecule has 3 aliphatic heterocycles. The minimum absolute atomic E-state index is 0.0355. The van der Waals surface area contributed by atoms with Crippen LogP contribution < -0.4 is 25.6 Å². The second-order valence-electron chi connectivity index (χ2n) is 7.63. The fourth-order valence-corrected chi connectivity index (χ4v) is 5.27. The number of fused-ring (bicyclic) bond motifs is 7. The van der Waals surface area contributed by atoms with Crippen molar-refractivity contribution in [2.75, 3.05) is 25.2 Å². The van der Waals surface area contributed by atoms with Gasteiger partial charge in [0.05, 0.1) is 23.7 Å². The molecule has 28 heavy (non-hydrogen) atoms. The molecule has 1 amide bonds. The number of nitrogens with zero attached hydrogens (tertiary/aromatic N) is 3. The van der Waals surface area contributed by atoms with Crippen molar-refractivity contribution in [2.45, 2.75) is 44.1 Å². The van der Waals surface area contributed by atoms with Gasteiger partial charge in [0.15, 0.2) is 11.9 Å². The summed E-state index contributed by atoms with van der Waals surface area (Å²) in [4.78, 5) is 18.0. The molecule has 2 fully saturated rings. The van der Waals surface area contributed by atoms with Gasteiger partial charge in [-0.2, -0.15) is 4.57 Å². The molecule has 2 aromatic rings. The Balaban J connectivity index is 1.84. The lowest BCUT2D eigenvalue weighted by molar-refractivity contribution is -0.668. The first-order valence-corrected chi connectivity index (χ1v) is 9.48. The first-order chi connectivity index (χ1) is 13.5. The van der Waals surface area contributed by atoms with Crippen LogP contribution in [0, 0.1) is 6.92 Å². The minimum Gasteiger partial charge on any atom is -0.871 e. The largest absolute Gasteiger partial charge is 0.871 e. The van der Waals surface area contributed by atoms with Gasteiger partial charge in [0.25, 0.3) is 0 Å². The summed E-state index contributed by atoms with van der Waals surface area (Å²) in [6.45, 7) is 5.28. The number of aryl methyl sites for hydroxylation is 2. The Labute approximate surface area is 162 Å². The van der Waals surface area contributed by atoms with E-state index in [4.69, 9.17) is 15.2 Å². The number of benzene rings is 1. The molecule has 2 saturated heterocycles. The number of primary amides is 1. The number of nitrogens with two attached hydrogens (primary N) is 1. The maximum absolute atomic E-state index is 13.4. The van der Waals surface area contributed by atoms with Crippen LogP contribution in [0.15, 0.2) is 12.4 Å². The molecule has 0 radical (unpaired) electrons. The lowest BCUT2D eigenvalue weighted by Gasteiger charge is -2.39. The van der Waals surface area contributed by atoms with E-state index < -0.39 is 11.8 Å². The minimum atomic E-state index is -0.843. The first kappa shape index (κ1) is 17.4. The third kappa shape index (κ3) is 1.95. The van der Waals surface area contributed by atoms with Crippen molar-refractivity contribution in [1.29, 1.82) is 0 Å². The molecule has 0 aliphatic carbocycles. The highest BCUT2D eigenvalue weighted by Crippen LogP contribution is 2.60. The monoisotopic (exact) mass is 385 g/mol. The molecule has 3 aliphatic rings. The van der Waals surface area contributed by atoms with Gasteiger partial charge in [-0.3, -0.25) is 0 Å². The van der Waals surface area contributed by atoms with E-state index in [0.29, 0.717) is 23.3 Å². The van der Waals surface area contributed by atoms with Crippen LogP contribution in [0.4, 0.5) is 10.5 Å². The molecular formula is C19H23N5O4. The number of rotatable bonds is 4. The summed E-state index contributed by atoms with van der Waals surface area (Å²) in [5, 5.41) is 16.8. The molecule has 148 valence electrons. The number of ether oxygens (including phenoxy) is 2. The predicted molar refractivity (Wildman–Crippen MR) is 97.9 cm³/mol. The van der Waals surface area contributed by atoms with Crippen LogP contribution >= 0.6 is 0 Å². The number of anilines is 1. The number of hydrogen-bond acceptors (Lipinski definition) is 7. The number of methoxy groups -OCH3 is 1. The first-order valence-electron chi connectivity index (χ1n) is 9.48. The van der Waals surface area contributed by atoms with E-state index in [2.05, 4.69) is 19.8 Å². The number of nitrogens with one attached hydrogen (secondary N) is 1. The lowest BCUT2D eigenvalue weighted by Crippen LogP contribution is -2.54. The molecule has 1 aromatic heterocycles. The van der Waals surface area contributed by atoms with Crippen LogP contribution in [0.25, 0.3) is 11.0 Å². The highest BCUT2D eigenvalue weighted by Gasteiger charge is 2.71. The van der Waals surface area contributed by atoms with Gasteiger partial charge in [-0.25, -0.2) is 9.78 Å². The molecule has 1 aromatic carbocycles. The SMILES string of the molecule is CC[n+]1ccnc2c(C)c([O-])c3c(c21)[C@@H](COC(N)=O)[C@@]1(OC)[C@H]2N[C@H]2CN31. The Kier molecular flexibility index (Phi) is 3.54. The zero-order valence-electron chi connectivity index (χ0n) is 16.1. The third-order valence-electron chi connectivity index (χ3n) is 6.49. The van der Waals surface area contributed by atoms with Gasteiger partial charge in [-0.15, -0.1) is 0 Å². The standard InChI is InChI=1S/C19H23N5O4/c1-4-23-6-5-21-13-9(2)16(25)15-12(14(13)23)10(8-28-18(20)26)19(27-3)17-11(22-17)7-24(15)19/h5-6,10-11,17,22H,4,7-8H2,1-3H3,(H2-,20,21,25,26)/t10-,11+,17+,19-/m1/s1. The Morgan fingerprint density at radius 3 is 3.04 bits per heavy atom. The van der Waals surface area contributed by atoms with E-state index in [9.17, 15) is 9.90 Å². The van der Waals surface area contributed by atoms with Gasteiger partial charge in [-0.1, -0.05) is 5.75 Å². The van der Waals surface area contributed by atoms with Crippen LogP contribution in [0.2, 0.25) is 0 Å². The molecule has 0 unspecified atom stereocenters. The van der Waals surface area contributed by atoms with Crippen LogP contribution in [-0.4, -0.2) is 49.1 Å². The van der Waals surface area contributed by atoms with Gasteiger partial charge in [-0.05, 0) is 19.4 Å². The predicted octanol–water partition coefficient (Wildman–Crippen LogP) is -0.380. The zero-order chi connectivity index (χ0) is 19.8. The lowest BCUT2D eigenvalue weighted by atomic mass is 9.88. The quantitative estimate of drug-likeness (QED) is 0.542. The summed E-state index contributed by atoms with van der Waals surface area (Å²) in [6, 6.07) is 0.319. The average Bonchev–Trinajstić information content (AvgIpc) is 3.30. The van der Waals surface area contributed by atoms with Crippen LogP contribution in [0.5, 0.6) is 5.75 Å². The Bertz CT molecular complexity index is 1010. The maximum atomic E-state index is 13.4. The van der Waals surface area contributed by atoms with Crippen molar-refractivity contribution in [1.82, 2.24) is 10.3 Å². The molecular weight excluding hydrogens is 362 g/mol. The van der Waals surface area contributed by atoms with E-state index >= 15 is 0 Å². The summed E-state index contributed by atoms with van der Waals surface area (Å²) >= 11 is 0. The highest BCUT2D eigenvalue weighted by molar-refractivity contribution is 5.93. The van der Waals surface area contributed by atoms with Crippen molar-refractivity contribution in [3.8, 4) is 5.75 Å². The summed E-state index contributed by atoms with van der Waals surface area (Å²) in [5.74, 6) is -0.407. The molecule has 3 N–H and O–H groups in total. The van der Waals surface area contributed by atoms with Crippen LogP contribution in [0.1, 0.15) is 24.0 Å². The van der Waals surface area contributed by atoms with Crippen LogP contribution in [-0.2, 0) is 16.0 Å². The van der Waals surface area contributed by atoms with E-state index in [1.54, 1.807) is 13.3 Å². The number of amides is 1. The molecule has 9 heteroatoms. The van der Waals surface area contributed by atoms with Gasteiger partial charge in [0.1, 0.15) is 18.7 Å². The van der Waals surface area contributed by atoms with E-state index in [1.807, 2.05) is 20.0 Å². The number of piperazine rings is 1. The fourth-order valence-electron chi connectivity index (χ4n) is 5.27. The molecule has 5 rings (SSSR count). The van der Waals surface area contributed by atoms with Crippen LogP contribution in [0.3, 0.4) is 0 Å². The topological polar surface area (TPSA) is 127 Å². The van der Waals surface area contributed by atoms with Crippen molar-refractivity contribution < 1.29 is 23.9 Å². The summed E-state index contributed by atoms with van der Waals surface area (Å²) in [7, 11) is 1.64. The normalized spacial score (nSPS) is 29.5. The van der Waals surface area contributed by atoms with E-state index in [0.717, 1.165) is 17.6 Å². The second kappa shape index (κ2) is 5.68. The summed E-state index contributed by atoms with van der Waals surface area (Å²) < 4.78 is 13.4. The third-order valence-corrected chi connectivity index (χ3v) is 6.49. The molecule has 0 spiro atoms. The smallest absolute Gasteiger partial charge is 0.404 e. The van der Waals surface area contributed by atoms with Crippen molar-refractivity contribution >= 4 is 22.8 Å². The molecule has 0 saturated carbocycles. The Morgan fingerprint density at radius 2 is 2.36 bits per heavy atom. The number of aromatic nitrogens is 2. The number of carbonyl (C=O) groups excluding carboxylic acids is 1. The molecule has 4 heterocycles. The van der Waals surface area contributed by atoms with Crippen molar-refractivity contribution in [3.63, 3.8) is 0 Å². The Morgan fingerprint density at radius 1 is 1.57 bits per heavy atom. The summed E-state index contributed by atoms with van der Waals surface area (Å²) in [5.41, 5.74) is 8.12. The summed E-state index contributed by atoms with van der Waals surface area (Å²) in [6.07, 6.45) is 2.77. The number of carbonyl (C=O) groups is 1. The Hall–Kier alpha value is -2.65. The molecule has 0 bridgehead atoms. The maximum Gasteiger partial charge on any atom is 0.404 e. The number of hydrogen-bond donors (Lipinski definition) is 2. The van der Waals surface area contributed by atoms with E-state index in [-0.39, 0.29) is 30.4 Å². The van der Waals surface area contributed by atoms with Gasteiger partial charge in [0.2, 0.25) is 5.52 Å². The van der Waals surface area contributed by atoms with Crippen molar-refractivity contribution in [3.05, 3.63) is 23.5 Å². The second-order valence-corrected chi connectivity index (χ2v) is 7.63. The fraction of sp³-hybridized carbons (Fsp3) is 0.526. The zero-order valence-corrected chi connectivity index (χ0v) is 16.1. The molecule has 9 nitrogen and oxygen atoms in total. The highest BCUT2D eigenvalue weighted by atomic mass is 16.6.